The van der Waals surface area contributed by atoms with Crippen LogP contribution in [0.2, 0.25) is 0 Å². The molecule has 0 aliphatic carbocycles. The average molecular weight is 218 g/mol. The zero-order chi connectivity index (χ0) is 10.7. The first-order chi connectivity index (χ1) is 6.56. The van der Waals surface area contributed by atoms with Gasteiger partial charge < -0.3 is 10.0 Å². The Hall–Kier alpha value is -1.03. The van der Waals surface area contributed by atoms with E-state index in [2.05, 4.69) is 0 Å². The van der Waals surface area contributed by atoms with E-state index in [0.29, 0.717) is 12.0 Å². The average Bonchev–Trinajstić information content (AvgIpc) is 2.15. The van der Waals surface area contributed by atoms with Crippen molar-refractivity contribution in [3.8, 4) is 0 Å². The first-order valence-corrected chi connectivity index (χ1v) is 4.87. The smallest absolute Gasteiger partial charge is 0.407 e. The van der Waals surface area contributed by atoms with Gasteiger partial charge in [0.15, 0.2) is 5.78 Å². The number of alkyl halides is 1. The summed E-state index contributed by atoms with van der Waals surface area (Å²) in [6.07, 6.45) is 1.14. The topological polar surface area (TPSA) is 57.6 Å². The molecule has 0 saturated carbocycles. The van der Waals surface area contributed by atoms with Gasteiger partial charge in [0.2, 0.25) is 0 Å². The maximum Gasteiger partial charge on any atom is 0.407 e. The Morgan fingerprint density at radius 3 is 2.79 bits per heavy atom. The van der Waals surface area contributed by atoms with E-state index in [0.717, 1.165) is 0 Å². The third kappa shape index (κ3) is 2.26. The van der Waals surface area contributed by atoms with Gasteiger partial charge in [0.05, 0.1) is 5.88 Å². The van der Waals surface area contributed by atoms with Gasteiger partial charge in [-0.05, 0) is 18.9 Å². The lowest BCUT2D eigenvalue weighted by Gasteiger charge is -2.29. The number of halogens is 1. The summed E-state index contributed by atoms with van der Waals surface area (Å²) in [6.45, 7) is 2.05. The molecule has 0 fully saturated rings. The van der Waals surface area contributed by atoms with E-state index in [1.54, 1.807) is 13.0 Å². The molecule has 0 aromatic rings. The summed E-state index contributed by atoms with van der Waals surface area (Å²) < 4.78 is 0. The van der Waals surface area contributed by atoms with Gasteiger partial charge in [-0.1, -0.05) is 6.08 Å². The molecule has 0 radical (unpaired) electrons. The fraction of sp³-hybridized carbons (Fsp3) is 0.556. The number of hydrogen-bond acceptors (Lipinski definition) is 2. The molecule has 1 N–H and O–H groups in total. The molecule has 1 heterocycles. The molecule has 78 valence electrons. The van der Waals surface area contributed by atoms with Gasteiger partial charge in [-0.2, -0.15) is 0 Å². The molecule has 1 aliphatic rings. The highest BCUT2D eigenvalue weighted by Crippen LogP contribution is 2.18. The molecular formula is C9H12ClNO3. The first kappa shape index (κ1) is 11.0. The van der Waals surface area contributed by atoms with Crippen LogP contribution in [0.4, 0.5) is 4.79 Å². The third-order valence-corrected chi connectivity index (χ3v) is 2.55. The standard InChI is InChI=1S/C9H12ClNO3/c1-6-4-7(8(12)5-10)2-3-11(6)9(13)14/h2,6H,3-5H2,1H3,(H,13,14)/t6-/m1/s1. The van der Waals surface area contributed by atoms with Gasteiger partial charge in [-0.15, -0.1) is 11.6 Å². The van der Waals surface area contributed by atoms with Gasteiger partial charge in [0.25, 0.3) is 0 Å². The Morgan fingerprint density at radius 1 is 1.71 bits per heavy atom. The predicted molar refractivity (Wildman–Crippen MR) is 52.6 cm³/mol. The zero-order valence-corrected chi connectivity index (χ0v) is 8.62. The number of nitrogens with zero attached hydrogens (tertiary/aromatic N) is 1. The van der Waals surface area contributed by atoms with Crippen molar-refractivity contribution in [2.24, 2.45) is 0 Å². The Kier molecular flexibility index (Phi) is 3.52. The van der Waals surface area contributed by atoms with Crippen LogP contribution in [0.15, 0.2) is 11.6 Å². The SMILES string of the molecule is C[C@@H]1CC(C(=O)CCl)=CCN1C(=O)O. The lowest BCUT2D eigenvalue weighted by atomic mass is 9.99. The summed E-state index contributed by atoms with van der Waals surface area (Å²) in [7, 11) is 0. The van der Waals surface area contributed by atoms with E-state index in [9.17, 15) is 9.59 Å². The summed E-state index contributed by atoms with van der Waals surface area (Å²) in [5.41, 5.74) is 0.644. The van der Waals surface area contributed by atoms with Crippen LogP contribution >= 0.6 is 11.6 Å². The molecule has 0 bridgehead atoms. The van der Waals surface area contributed by atoms with E-state index in [4.69, 9.17) is 16.7 Å². The predicted octanol–water partition coefficient (Wildman–Crippen LogP) is 1.49. The van der Waals surface area contributed by atoms with E-state index >= 15 is 0 Å². The Labute approximate surface area is 87.1 Å². The van der Waals surface area contributed by atoms with E-state index in [1.165, 1.54) is 4.90 Å². The summed E-state index contributed by atoms with van der Waals surface area (Å²) in [4.78, 5) is 23.2. The Morgan fingerprint density at radius 2 is 2.36 bits per heavy atom. The zero-order valence-electron chi connectivity index (χ0n) is 7.86. The number of ketones is 1. The molecule has 14 heavy (non-hydrogen) atoms. The lowest BCUT2D eigenvalue weighted by Crippen LogP contribution is -2.41. The highest BCUT2D eigenvalue weighted by Gasteiger charge is 2.25. The highest BCUT2D eigenvalue weighted by atomic mass is 35.5. The largest absolute Gasteiger partial charge is 0.465 e. The number of rotatable bonds is 2. The van der Waals surface area contributed by atoms with Crippen LogP contribution in [-0.2, 0) is 4.79 Å². The van der Waals surface area contributed by atoms with Gasteiger partial charge in [0, 0.05) is 12.6 Å². The van der Waals surface area contributed by atoms with Crippen LogP contribution < -0.4 is 0 Å². The maximum atomic E-state index is 11.2. The lowest BCUT2D eigenvalue weighted by molar-refractivity contribution is -0.113. The number of hydrogen-bond donors (Lipinski definition) is 1. The summed E-state index contributed by atoms with van der Waals surface area (Å²) in [5.74, 6) is -0.144. The molecule has 5 heteroatoms. The number of carbonyl (C=O) groups excluding carboxylic acids is 1. The monoisotopic (exact) mass is 217 g/mol. The minimum atomic E-state index is -0.953. The molecule has 0 aromatic heterocycles. The maximum absolute atomic E-state index is 11.2. The summed E-state index contributed by atoms with van der Waals surface area (Å²) in [5, 5.41) is 8.78. The van der Waals surface area contributed by atoms with E-state index in [1.807, 2.05) is 0 Å². The highest BCUT2D eigenvalue weighted by molar-refractivity contribution is 6.30. The van der Waals surface area contributed by atoms with E-state index < -0.39 is 6.09 Å². The summed E-state index contributed by atoms with van der Waals surface area (Å²) >= 11 is 5.41. The molecule has 1 amide bonds. The molecular weight excluding hydrogens is 206 g/mol. The van der Waals surface area contributed by atoms with Gasteiger partial charge >= 0.3 is 6.09 Å². The quantitative estimate of drug-likeness (QED) is 0.713. The van der Waals surface area contributed by atoms with Crippen LogP contribution in [0.3, 0.4) is 0 Å². The molecule has 4 nitrogen and oxygen atoms in total. The van der Waals surface area contributed by atoms with Crippen LogP contribution in [-0.4, -0.2) is 40.3 Å². The molecule has 1 aliphatic heterocycles. The molecule has 0 saturated heterocycles. The minimum Gasteiger partial charge on any atom is -0.465 e. The number of amides is 1. The van der Waals surface area contributed by atoms with Crippen LogP contribution in [0.25, 0.3) is 0 Å². The van der Waals surface area contributed by atoms with Crippen molar-refractivity contribution in [3.63, 3.8) is 0 Å². The fourth-order valence-electron chi connectivity index (χ4n) is 1.48. The molecule has 1 atom stereocenters. The second-order valence-electron chi connectivity index (χ2n) is 3.27. The number of Topliss-reactive ketones (excluding diaryl/α,β-unsaturated/α-hetero) is 1. The Balaban J connectivity index is 2.72. The van der Waals surface area contributed by atoms with Crippen molar-refractivity contribution in [1.82, 2.24) is 4.90 Å². The Bertz CT molecular complexity index is 288. The van der Waals surface area contributed by atoms with Crippen LogP contribution in [0.1, 0.15) is 13.3 Å². The van der Waals surface area contributed by atoms with Crippen molar-refractivity contribution in [2.45, 2.75) is 19.4 Å². The van der Waals surface area contributed by atoms with Crippen molar-refractivity contribution in [3.05, 3.63) is 11.6 Å². The fourth-order valence-corrected chi connectivity index (χ4v) is 1.65. The molecule has 0 aromatic carbocycles. The van der Waals surface area contributed by atoms with Gasteiger partial charge in [-0.25, -0.2) is 4.79 Å². The summed E-state index contributed by atoms with van der Waals surface area (Å²) in [6, 6.07) is -0.153. The van der Waals surface area contributed by atoms with Crippen molar-refractivity contribution in [1.29, 1.82) is 0 Å². The van der Waals surface area contributed by atoms with E-state index in [-0.39, 0.29) is 24.2 Å². The van der Waals surface area contributed by atoms with Crippen LogP contribution in [0, 0.1) is 0 Å². The minimum absolute atomic E-state index is 0.0361. The molecule has 1 rings (SSSR count). The van der Waals surface area contributed by atoms with Crippen molar-refractivity contribution >= 4 is 23.5 Å². The third-order valence-electron chi connectivity index (χ3n) is 2.31. The molecule has 0 spiro atoms. The van der Waals surface area contributed by atoms with Gasteiger partial charge in [0.1, 0.15) is 0 Å². The van der Waals surface area contributed by atoms with Crippen LogP contribution in [0.5, 0.6) is 0 Å². The molecule has 0 unspecified atom stereocenters. The van der Waals surface area contributed by atoms with Crippen molar-refractivity contribution < 1.29 is 14.7 Å². The van der Waals surface area contributed by atoms with Crippen molar-refractivity contribution in [2.75, 3.05) is 12.4 Å². The normalized spacial score (nSPS) is 21.7. The van der Waals surface area contributed by atoms with Gasteiger partial charge in [-0.3, -0.25) is 4.79 Å². The number of carboxylic acid groups (broad SMARTS) is 1. The second kappa shape index (κ2) is 4.46. The number of carbonyl (C=O) groups is 2. The second-order valence-corrected chi connectivity index (χ2v) is 3.54. The first-order valence-electron chi connectivity index (χ1n) is 4.34.